The fraction of sp³-hybridized carbons (Fsp3) is 0.120. The third kappa shape index (κ3) is 1.90. The standard InChI is InChI=1S/C25H19N.B/c1-25(2)19-11-5-3-10-17(19)23-22-15(8-7-12-20(22)25)14-18-16-9-4-6-13-21(16)26-24(18)23;/h3-14,26H,1-2H3;. The van der Waals surface area contributed by atoms with E-state index in [1.54, 1.807) is 0 Å². The van der Waals surface area contributed by atoms with Crippen LogP contribution in [0.3, 0.4) is 0 Å². The minimum absolute atomic E-state index is 0. The molecule has 1 aromatic heterocycles. The van der Waals surface area contributed by atoms with Crippen LogP contribution in [0.5, 0.6) is 0 Å². The van der Waals surface area contributed by atoms with Crippen molar-refractivity contribution in [2.24, 2.45) is 0 Å². The van der Waals surface area contributed by atoms with Crippen molar-refractivity contribution in [3.05, 3.63) is 83.9 Å². The van der Waals surface area contributed by atoms with Crippen LogP contribution in [0, 0.1) is 0 Å². The summed E-state index contributed by atoms with van der Waals surface area (Å²) in [5, 5.41) is 5.34. The number of rotatable bonds is 0. The van der Waals surface area contributed by atoms with Crippen LogP contribution in [0.25, 0.3) is 43.7 Å². The maximum Gasteiger partial charge on any atom is 0.0551 e. The van der Waals surface area contributed by atoms with E-state index < -0.39 is 0 Å². The first-order chi connectivity index (χ1) is 12.7. The molecule has 1 heterocycles. The summed E-state index contributed by atoms with van der Waals surface area (Å²) in [5.41, 5.74) is 8.02. The average molecular weight is 344 g/mol. The zero-order valence-electron chi connectivity index (χ0n) is 15.5. The lowest BCUT2D eigenvalue weighted by Gasteiger charge is -2.35. The van der Waals surface area contributed by atoms with E-state index in [2.05, 4.69) is 91.6 Å². The number of aromatic amines is 1. The van der Waals surface area contributed by atoms with Gasteiger partial charge >= 0.3 is 0 Å². The molecule has 5 aromatic rings. The normalized spacial score (nSPS) is 14.3. The SMILES string of the molecule is CC1(C)c2ccccc2-c2c3[nH]c4ccccc4c3cc3cccc1c23.[B]. The van der Waals surface area contributed by atoms with Gasteiger partial charge in [0.1, 0.15) is 0 Å². The van der Waals surface area contributed by atoms with Crippen molar-refractivity contribution in [1.82, 2.24) is 4.98 Å². The number of benzene rings is 4. The van der Waals surface area contributed by atoms with Crippen molar-refractivity contribution in [3.63, 3.8) is 0 Å². The Kier molecular flexibility index (Phi) is 3.16. The molecule has 1 nitrogen and oxygen atoms in total. The molecule has 0 spiro atoms. The highest BCUT2D eigenvalue weighted by atomic mass is 14.7. The average Bonchev–Trinajstić information content (AvgIpc) is 3.03. The van der Waals surface area contributed by atoms with Gasteiger partial charge in [-0.05, 0) is 39.6 Å². The molecule has 1 aliphatic carbocycles. The van der Waals surface area contributed by atoms with Crippen LogP contribution >= 0.6 is 0 Å². The van der Waals surface area contributed by atoms with E-state index in [1.807, 2.05) is 0 Å². The lowest BCUT2D eigenvalue weighted by atomic mass is 9.68. The Hall–Kier alpha value is -3.00. The Bertz CT molecular complexity index is 1360. The summed E-state index contributed by atoms with van der Waals surface area (Å²) in [6.45, 7) is 4.69. The molecule has 4 aromatic carbocycles. The first-order valence-corrected chi connectivity index (χ1v) is 9.23. The van der Waals surface area contributed by atoms with E-state index in [0.717, 1.165) is 0 Å². The van der Waals surface area contributed by atoms with E-state index in [0.29, 0.717) is 0 Å². The van der Waals surface area contributed by atoms with E-state index in [1.165, 1.54) is 54.8 Å². The predicted molar refractivity (Wildman–Crippen MR) is 117 cm³/mol. The maximum absolute atomic E-state index is 3.72. The molecule has 127 valence electrons. The number of hydrogen-bond donors (Lipinski definition) is 1. The van der Waals surface area contributed by atoms with Crippen LogP contribution in [-0.2, 0) is 5.41 Å². The number of aromatic nitrogens is 1. The van der Waals surface area contributed by atoms with Gasteiger partial charge in [-0.15, -0.1) is 0 Å². The Labute approximate surface area is 160 Å². The number of hydrogen-bond acceptors (Lipinski definition) is 0. The van der Waals surface area contributed by atoms with Crippen LogP contribution in [0.2, 0.25) is 0 Å². The second kappa shape index (κ2) is 5.26. The first-order valence-electron chi connectivity index (χ1n) is 9.23. The first kappa shape index (κ1) is 16.2. The minimum atomic E-state index is 0. The zero-order chi connectivity index (χ0) is 17.5. The lowest BCUT2D eigenvalue weighted by molar-refractivity contribution is 0.645. The van der Waals surface area contributed by atoms with Gasteiger partial charge in [0.05, 0.1) is 5.52 Å². The van der Waals surface area contributed by atoms with Gasteiger partial charge < -0.3 is 4.98 Å². The molecule has 0 saturated heterocycles. The fourth-order valence-electron chi connectivity index (χ4n) is 4.94. The van der Waals surface area contributed by atoms with Crippen molar-refractivity contribution in [3.8, 4) is 11.1 Å². The fourth-order valence-corrected chi connectivity index (χ4v) is 4.94. The van der Waals surface area contributed by atoms with Gasteiger partial charge in [-0.2, -0.15) is 0 Å². The van der Waals surface area contributed by atoms with Crippen LogP contribution in [0.1, 0.15) is 25.0 Å². The van der Waals surface area contributed by atoms with Crippen LogP contribution in [-0.4, -0.2) is 13.4 Å². The highest BCUT2D eigenvalue weighted by Gasteiger charge is 2.34. The summed E-state index contributed by atoms with van der Waals surface area (Å²) < 4.78 is 0. The Morgan fingerprint density at radius 2 is 1.48 bits per heavy atom. The van der Waals surface area contributed by atoms with Gasteiger partial charge in [0.2, 0.25) is 0 Å². The molecule has 3 radical (unpaired) electrons. The van der Waals surface area contributed by atoms with Crippen LogP contribution in [0.4, 0.5) is 0 Å². The molecule has 0 atom stereocenters. The second-order valence-corrected chi connectivity index (χ2v) is 7.92. The maximum atomic E-state index is 3.72. The molecule has 0 saturated carbocycles. The number of para-hydroxylation sites is 1. The highest BCUT2D eigenvalue weighted by molar-refractivity contribution is 6.21. The van der Waals surface area contributed by atoms with E-state index >= 15 is 0 Å². The molecule has 0 amide bonds. The summed E-state index contributed by atoms with van der Waals surface area (Å²) in [5.74, 6) is 0. The third-order valence-corrected chi connectivity index (χ3v) is 6.19. The number of H-pyrrole nitrogens is 1. The molecule has 1 aliphatic rings. The van der Waals surface area contributed by atoms with Crippen molar-refractivity contribution in [2.75, 3.05) is 0 Å². The van der Waals surface area contributed by atoms with Gasteiger partial charge in [-0.25, -0.2) is 0 Å². The Morgan fingerprint density at radius 3 is 2.37 bits per heavy atom. The summed E-state index contributed by atoms with van der Waals surface area (Å²) >= 11 is 0. The molecule has 0 bridgehead atoms. The van der Waals surface area contributed by atoms with Crippen LogP contribution in [0.15, 0.2) is 72.8 Å². The Morgan fingerprint density at radius 1 is 0.741 bits per heavy atom. The Balaban J connectivity index is 0.00000160. The van der Waals surface area contributed by atoms with Crippen molar-refractivity contribution < 1.29 is 0 Å². The molecular formula is C25H19BN. The zero-order valence-corrected chi connectivity index (χ0v) is 15.5. The molecule has 0 aliphatic heterocycles. The monoisotopic (exact) mass is 344 g/mol. The molecule has 1 N–H and O–H groups in total. The molecule has 0 unspecified atom stereocenters. The third-order valence-electron chi connectivity index (χ3n) is 6.19. The second-order valence-electron chi connectivity index (χ2n) is 7.92. The van der Waals surface area contributed by atoms with E-state index in [-0.39, 0.29) is 13.8 Å². The molecule has 6 rings (SSSR count). The van der Waals surface area contributed by atoms with Gasteiger partial charge in [-0.1, -0.05) is 74.5 Å². The minimum Gasteiger partial charge on any atom is -0.354 e. The summed E-state index contributed by atoms with van der Waals surface area (Å²) in [4.78, 5) is 3.72. The quantitative estimate of drug-likeness (QED) is 0.313. The topological polar surface area (TPSA) is 15.8 Å². The van der Waals surface area contributed by atoms with Crippen molar-refractivity contribution in [2.45, 2.75) is 19.3 Å². The summed E-state index contributed by atoms with van der Waals surface area (Å²) in [6.07, 6.45) is 0. The number of nitrogens with one attached hydrogen (secondary N) is 1. The molecule has 27 heavy (non-hydrogen) atoms. The van der Waals surface area contributed by atoms with Crippen molar-refractivity contribution >= 4 is 41.0 Å². The van der Waals surface area contributed by atoms with Crippen molar-refractivity contribution in [1.29, 1.82) is 0 Å². The summed E-state index contributed by atoms with van der Waals surface area (Å²) in [6, 6.07) is 26.6. The lowest BCUT2D eigenvalue weighted by Crippen LogP contribution is -2.23. The largest absolute Gasteiger partial charge is 0.354 e. The molecule has 2 heteroatoms. The smallest absolute Gasteiger partial charge is 0.0551 e. The van der Waals surface area contributed by atoms with Gasteiger partial charge in [0, 0.05) is 35.7 Å². The predicted octanol–water partition coefficient (Wildman–Crippen LogP) is 6.40. The van der Waals surface area contributed by atoms with Gasteiger partial charge in [-0.3, -0.25) is 0 Å². The molecule has 0 fully saturated rings. The highest BCUT2D eigenvalue weighted by Crippen LogP contribution is 2.51. The number of fused-ring (bicyclic) bond motifs is 6. The van der Waals surface area contributed by atoms with E-state index in [4.69, 9.17) is 0 Å². The van der Waals surface area contributed by atoms with Crippen LogP contribution < -0.4 is 0 Å². The van der Waals surface area contributed by atoms with Gasteiger partial charge in [0.25, 0.3) is 0 Å². The summed E-state index contributed by atoms with van der Waals surface area (Å²) in [7, 11) is 0. The van der Waals surface area contributed by atoms with Gasteiger partial charge in [0.15, 0.2) is 0 Å². The molecular weight excluding hydrogens is 325 g/mol. The van der Waals surface area contributed by atoms with E-state index in [9.17, 15) is 0 Å².